The summed E-state index contributed by atoms with van der Waals surface area (Å²) in [5.41, 5.74) is 0.280. The van der Waals surface area contributed by atoms with Crippen molar-refractivity contribution in [2.75, 3.05) is 27.2 Å². The Kier molecular flexibility index (Phi) is 6.31. The average Bonchev–Trinajstić information content (AvgIpc) is 2.32. The van der Waals surface area contributed by atoms with Gasteiger partial charge in [-0.05, 0) is 57.7 Å². The van der Waals surface area contributed by atoms with Crippen LogP contribution in [0, 0.1) is 0 Å². The van der Waals surface area contributed by atoms with Gasteiger partial charge in [0, 0.05) is 6.54 Å². The molecule has 0 radical (unpaired) electrons. The topological polar surface area (TPSA) is 15.3 Å². The Morgan fingerprint density at radius 3 is 2.21 bits per heavy atom. The Hall–Kier alpha value is -1.07. The van der Waals surface area contributed by atoms with Gasteiger partial charge in [-0.1, -0.05) is 12.1 Å². The van der Waals surface area contributed by atoms with Crippen molar-refractivity contribution >= 4 is 0 Å². The van der Waals surface area contributed by atoms with Crippen LogP contribution in [-0.2, 0) is 12.7 Å². The van der Waals surface area contributed by atoms with Crippen molar-refractivity contribution in [3.63, 3.8) is 0 Å². The van der Waals surface area contributed by atoms with E-state index in [0.717, 1.165) is 43.6 Å². The van der Waals surface area contributed by atoms with Crippen LogP contribution in [0.1, 0.15) is 24.0 Å². The lowest BCUT2D eigenvalue weighted by molar-refractivity contribution is -0.137. The monoisotopic (exact) mass is 274 g/mol. The predicted molar refractivity (Wildman–Crippen MR) is 70.9 cm³/mol. The quantitative estimate of drug-likeness (QED) is 0.768. The summed E-state index contributed by atoms with van der Waals surface area (Å²) in [5.74, 6) is 0. The summed E-state index contributed by atoms with van der Waals surface area (Å²) in [4.78, 5) is 2.13. The summed E-state index contributed by atoms with van der Waals surface area (Å²) in [6.07, 6.45) is -2.07. The second-order valence-corrected chi connectivity index (χ2v) is 4.88. The number of benzene rings is 1. The first-order chi connectivity index (χ1) is 8.89. The van der Waals surface area contributed by atoms with Crippen molar-refractivity contribution in [1.82, 2.24) is 10.2 Å². The van der Waals surface area contributed by atoms with Crippen LogP contribution in [-0.4, -0.2) is 32.1 Å². The van der Waals surface area contributed by atoms with E-state index >= 15 is 0 Å². The molecule has 1 aromatic rings. The summed E-state index contributed by atoms with van der Waals surface area (Å²) < 4.78 is 37.1. The lowest BCUT2D eigenvalue weighted by Gasteiger charge is -2.10. The number of rotatable bonds is 7. The van der Waals surface area contributed by atoms with E-state index in [2.05, 4.69) is 10.2 Å². The van der Waals surface area contributed by atoms with Crippen LogP contribution < -0.4 is 5.32 Å². The molecule has 0 saturated heterocycles. The van der Waals surface area contributed by atoms with Crippen LogP contribution in [0.15, 0.2) is 24.3 Å². The minimum absolute atomic E-state index is 0.595. The van der Waals surface area contributed by atoms with E-state index < -0.39 is 11.7 Å². The summed E-state index contributed by atoms with van der Waals surface area (Å²) in [7, 11) is 4.07. The first kappa shape index (κ1) is 16.0. The molecule has 1 aromatic carbocycles. The van der Waals surface area contributed by atoms with Crippen molar-refractivity contribution in [3.05, 3.63) is 35.4 Å². The number of hydrogen-bond donors (Lipinski definition) is 1. The number of nitrogens with zero attached hydrogens (tertiary/aromatic N) is 1. The van der Waals surface area contributed by atoms with Gasteiger partial charge in [0.15, 0.2) is 0 Å². The molecule has 1 rings (SSSR count). The summed E-state index contributed by atoms with van der Waals surface area (Å²) in [5, 5.41) is 3.23. The number of unbranched alkanes of at least 4 members (excludes halogenated alkanes) is 1. The van der Waals surface area contributed by atoms with Gasteiger partial charge in [-0.15, -0.1) is 0 Å². The Labute approximate surface area is 112 Å². The highest BCUT2D eigenvalue weighted by molar-refractivity contribution is 5.24. The summed E-state index contributed by atoms with van der Waals surface area (Å²) in [6.45, 7) is 2.55. The van der Waals surface area contributed by atoms with Gasteiger partial charge >= 0.3 is 6.18 Å². The molecule has 5 heteroatoms. The molecular weight excluding hydrogens is 253 g/mol. The normalized spacial score (nSPS) is 12.1. The Morgan fingerprint density at radius 1 is 1.05 bits per heavy atom. The predicted octanol–water partition coefficient (Wildman–Crippen LogP) is 3.14. The molecular formula is C14H21F3N2. The molecule has 0 bridgehead atoms. The van der Waals surface area contributed by atoms with Crippen molar-refractivity contribution in [2.45, 2.75) is 25.6 Å². The molecule has 0 spiro atoms. The van der Waals surface area contributed by atoms with E-state index in [0.29, 0.717) is 6.54 Å². The van der Waals surface area contributed by atoms with E-state index in [1.165, 1.54) is 12.1 Å². The lowest BCUT2D eigenvalue weighted by atomic mass is 10.1. The molecule has 0 aliphatic rings. The third-order valence-electron chi connectivity index (χ3n) is 2.82. The number of halogens is 3. The fourth-order valence-corrected chi connectivity index (χ4v) is 1.72. The van der Waals surface area contributed by atoms with Gasteiger partial charge in [0.25, 0.3) is 0 Å². The fraction of sp³-hybridized carbons (Fsp3) is 0.571. The molecule has 0 fully saturated rings. The highest BCUT2D eigenvalue weighted by atomic mass is 19.4. The lowest BCUT2D eigenvalue weighted by Crippen LogP contribution is -2.18. The Balaban J connectivity index is 2.23. The van der Waals surface area contributed by atoms with Crippen molar-refractivity contribution in [2.24, 2.45) is 0 Å². The van der Waals surface area contributed by atoms with E-state index in [-0.39, 0.29) is 0 Å². The maximum Gasteiger partial charge on any atom is 0.416 e. The third-order valence-corrected chi connectivity index (χ3v) is 2.82. The second kappa shape index (κ2) is 7.50. The van der Waals surface area contributed by atoms with Gasteiger partial charge in [0.2, 0.25) is 0 Å². The Morgan fingerprint density at radius 2 is 1.68 bits per heavy atom. The maximum atomic E-state index is 12.4. The van der Waals surface area contributed by atoms with Crippen molar-refractivity contribution in [1.29, 1.82) is 0 Å². The van der Waals surface area contributed by atoms with Gasteiger partial charge < -0.3 is 10.2 Å². The van der Waals surface area contributed by atoms with Crippen LogP contribution >= 0.6 is 0 Å². The smallest absolute Gasteiger partial charge is 0.313 e. The molecule has 0 aliphatic heterocycles. The third kappa shape index (κ3) is 6.59. The first-order valence-electron chi connectivity index (χ1n) is 6.41. The SMILES string of the molecule is CN(C)CCCCNCc1ccc(C(F)(F)F)cc1. The molecule has 108 valence electrons. The minimum atomic E-state index is -4.25. The first-order valence-corrected chi connectivity index (χ1v) is 6.41. The van der Waals surface area contributed by atoms with E-state index in [1.807, 2.05) is 14.1 Å². The molecule has 1 N–H and O–H groups in total. The zero-order valence-electron chi connectivity index (χ0n) is 11.4. The molecule has 0 saturated carbocycles. The van der Waals surface area contributed by atoms with Crippen LogP contribution in [0.3, 0.4) is 0 Å². The molecule has 0 aliphatic carbocycles. The summed E-state index contributed by atoms with van der Waals surface area (Å²) >= 11 is 0. The van der Waals surface area contributed by atoms with Gasteiger partial charge in [0.1, 0.15) is 0 Å². The number of nitrogens with one attached hydrogen (secondary N) is 1. The molecule has 0 heterocycles. The average molecular weight is 274 g/mol. The van der Waals surface area contributed by atoms with Gasteiger partial charge in [0.05, 0.1) is 5.56 Å². The minimum Gasteiger partial charge on any atom is -0.313 e. The van der Waals surface area contributed by atoms with Crippen molar-refractivity contribution in [3.8, 4) is 0 Å². The largest absolute Gasteiger partial charge is 0.416 e. The molecule has 2 nitrogen and oxygen atoms in total. The fourth-order valence-electron chi connectivity index (χ4n) is 1.72. The van der Waals surface area contributed by atoms with Crippen LogP contribution in [0.5, 0.6) is 0 Å². The highest BCUT2D eigenvalue weighted by Gasteiger charge is 2.29. The standard InChI is InChI=1S/C14H21F3N2/c1-19(2)10-4-3-9-18-11-12-5-7-13(8-6-12)14(15,16)17/h5-8,18H,3-4,9-11H2,1-2H3. The van der Waals surface area contributed by atoms with Crippen molar-refractivity contribution < 1.29 is 13.2 Å². The van der Waals surface area contributed by atoms with Crippen LogP contribution in [0.4, 0.5) is 13.2 Å². The molecule has 0 unspecified atom stereocenters. The van der Waals surface area contributed by atoms with E-state index in [9.17, 15) is 13.2 Å². The molecule has 0 atom stereocenters. The highest BCUT2D eigenvalue weighted by Crippen LogP contribution is 2.28. The van der Waals surface area contributed by atoms with Crippen LogP contribution in [0.25, 0.3) is 0 Å². The maximum absolute atomic E-state index is 12.4. The van der Waals surface area contributed by atoms with Gasteiger partial charge in [-0.25, -0.2) is 0 Å². The number of alkyl halides is 3. The van der Waals surface area contributed by atoms with Crippen LogP contribution in [0.2, 0.25) is 0 Å². The van der Waals surface area contributed by atoms with E-state index in [4.69, 9.17) is 0 Å². The Bertz CT molecular complexity index is 358. The summed E-state index contributed by atoms with van der Waals surface area (Å²) in [6, 6.07) is 5.30. The zero-order valence-corrected chi connectivity index (χ0v) is 11.4. The molecule has 0 aromatic heterocycles. The molecule has 19 heavy (non-hydrogen) atoms. The van der Waals surface area contributed by atoms with E-state index in [1.54, 1.807) is 0 Å². The van der Waals surface area contributed by atoms with Gasteiger partial charge in [-0.2, -0.15) is 13.2 Å². The van der Waals surface area contributed by atoms with Gasteiger partial charge in [-0.3, -0.25) is 0 Å². The zero-order chi connectivity index (χ0) is 14.3. The number of hydrogen-bond acceptors (Lipinski definition) is 2. The second-order valence-electron chi connectivity index (χ2n) is 4.88. The molecule has 0 amide bonds.